The van der Waals surface area contributed by atoms with Gasteiger partial charge in [-0.15, -0.1) is 11.3 Å². The van der Waals surface area contributed by atoms with Gasteiger partial charge in [-0.3, -0.25) is 14.5 Å². The van der Waals surface area contributed by atoms with E-state index in [0.29, 0.717) is 17.1 Å². The number of nitrogens with zero attached hydrogens (tertiary/aromatic N) is 1. The van der Waals surface area contributed by atoms with Crippen LogP contribution in [-0.2, 0) is 16.0 Å². The van der Waals surface area contributed by atoms with Crippen LogP contribution in [0.4, 0.5) is 11.4 Å². The van der Waals surface area contributed by atoms with Crippen molar-refractivity contribution in [1.29, 1.82) is 0 Å². The van der Waals surface area contributed by atoms with E-state index in [0.717, 1.165) is 24.3 Å². The number of hydrogen-bond donors (Lipinski definition) is 2. The Hall–Kier alpha value is -3.36. The average molecular weight is 466 g/mol. The van der Waals surface area contributed by atoms with Crippen molar-refractivity contribution in [2.75, 3.05) is 37.9 Å². The zero-order chi connectivity index (χ0) is 23.4. The van der Waals surface area contributed by atoms with E-state index in [1.165, 1.54) is 17.4 Å². The number of methoxy groups -OCH3 is 2. The summed E-state index contributed by atoms with van der Waals surface area (Å²) in [5.41, 5.74) is 3.71. The molecule has 3 aromatic rings. The summed E-state index contributed by atoms with van der Waals surface area (Å²) < 4.78 is 11.0. The quantitative estimate of drug-likeness (QED) is 0.544. The van der Waals surface area contributed by atoms with Crippen molar-refractivity contribution >= 4 is 34.5 Å². The Morgan fingerprint density at radius 2 is 1.70 bits per heavy atom. The van der Waals surface area contributed by atoms with Gasteiger partial charge < -0.3 is 20.1 Å². The van der Waals surface area contributed by atoms with Crippen molar-refractivity contribution in [1.82, 2.24) is 4.90 Å². The number of rotatable bonds is 7. The van der Waals surface area contributed by atoms with Gasteiger partial charge in [-0.25, -0.2) is 0 Å². The Kier molecular flexibility index (Phi) is 6.96. The number of anilines is 2. The molecule has 1 atom stereocenters. The number of benzene rings is 2. The molecule has 8 heteroatoms. The van der Waals surface area contributed by atoms with Crippen LogP contribution in [0.5, 0.6) is 11.5 Å². The van der Waals surface area contributed by atoms with Crippen LogP contribution in [0.1, 0.15) is 29.0 Å². The van der Waals surface area contributed by atoms with E-state index >= 15 is 0 Å². The lowest BCUT2D eigenvalue weighted by atomic mass is 9.91. The number of hydrogen-bond acceptors (Lipinski definition) is 6. The van der Waals surface area contributed by atoms with Crippen LogP contribution in [0.15, 0.2) is 53.9 Å². The topological polar surface area (TPSA) is 79.9 Å². The van der Waals surface area contributed by atoms with Gasteiger partial charge in [0.05, 0.1) is 26.8 Å². The summed E-state index contributed by atoms with van der Waals surface area (Å²) in [6, 6.07) is 15.3. The van der Waals surface area contributed by atoms with Gasteiger partial charge in [0.15, 0.2) is 11.5 Å². The zero-order valence-electron chi connectivity index (χ0n) is 18.9. The molecule has 0 saturated carbocycles. The van der Waals surface area contributed by atoms with E-state index in [4.69, 9.17) is 9.47 Å². The molecule has 2 heterocycles. The molecular weight excluding hydrogens is 438 g/mol. The van der Waals surface area contributed by atoms with E-state index < -0.39 is 0 Å². The van der Waals surface area contributed by atoms with Crippen LogP contribution < -0.4 is 20.1 Å². The van der Waals surface area contributed by atoms with Crippen LogP contribution >= 0.6 is 11.3 Å². The number of carbonyl (C=O) groups is 2. The molecule has 172 valence electrons. The van der Waals surface area contributed by atoms with Gasteiger partial charge in [0.1, 0.15) is 0 Å². The zero-order valence-corrected chi connectivity index (χ0v) is 19.7. The van der Waals surface area contributed by atoms with E-state index in [9.17, 15) is 9.59 Å². The van der Waals surface area contributed by atoms with Crippen molar-refractivity contribution in [3.05, 3.63) is 69.9 Å². The maximum Gasteiger partial charge on any atom is 0.238 e. The monoisotopic (exact) mass is 465 g/mol. The second-order valence-electron chi connectivity index (χ2n) is 7.85. The maximum atomic E-state index is 12.9. The van der Waals surface area contributed by atoms with Gasteiger partial charge in [0, 0.05) is 29.7 Å². The molecule has 0 unspecified atom stereocenters. The van der Waals surface area contributed by atoms with E-state index in [1.54, 1.807) is 49.8 Å². The number of ether oxygens (including phenoxy) is 2. The number of fused-ring (bicyclic) bond motifs is 1. The van der Waals surface area contributed by atoms with Gasteiger partial charge in [0.25, 0.3) is 0 Å². The summed E-state index contributed by atoms with van der Waals surface area (Å²) in [5.74, 6) is 1.18. The third kappa shape index (κ3) is 5.18. The Balaban J connectivity index is 1.55. The lowest BCUT2D eigenvalue weighted by Crippen LogP contribution is -2.40. The SMILES string of the molecule is COc1cc2c(cc1OC)[C@@H](c1cccs1)N(CC(=O)Nc1ccc(NC(C)=O)cc1)CC2. The molecular formula is C25H27N3O4S. The summed E-state index contributed by atoms with van der Waals surface area (Å²) in [7, 11) is 3.28. The molecule has 1 aromatic heterocycles. The fourth-order valence-electron chi connectivity index (χ4n) is 4.17. The third-order valence-corrected chi connectivity index (χ3v) is 6.55. The molecule has 0 bridgehead atoms. The fraction of sp³-hybridized carbons (Fsp3) is 0.280. The normalized spacial score (nSPS) is 15.4. The van der Waals surface area contributed by atoms with Crippen LogP contribution in [0.25, 0.3) is 0 Å². The standard InChI is InChI=1S/C25H27N3O4S/c1-16(29)26-18-6-8-19(9-7-18)27-24(30)15-28-11-10-17-13-21(31-2)22(32-3)14-20(17)25(28)23-5-4-12-33-23/h4-9,12-14,25H,10-11,15H2,1-3H3,(H,26,29)(H,27,30)/t25-/m0/s1. The van der Waals surface area contributed by atoms with Crippen molar-refractivity contribution in [3.8, 4) is 11.5 Å². The number of thiophene rings is 1. The van der Waals surface area contributed by atoms with Crippen LogP contribution in [0.2, 0.25) is 0 Å². The molecule has 0 saturated heterocycles. The largest absolute Gasteiger partial charge is 0.493 e. The molecule has 0 fully saturated rings. The molecule has 1 aliphatic rings. The van der Waals surface area contributed by atoms with Crippen LogP contribution in [0, 0.1) is 0 Å². The number of nitrogens with one attached hydrogen (secondary N) is 2. The number of carbonyl (C=O) groups excluding carboxylic acids is 2. The van der Waals surface area contributed by atoms with Crippen molar-refractivity contribution in [3.63, 3.8) is 0 Å². The first kappa shape index (κ1) is 22.8. The predicted octanol–water partition coefficient (Wildman–Crippen LogP) is 4.31. The van der Waals surface area contributed by atoms with Crippen LogP contribution in [-0.4, -0.2) is 44.0 Å². The van der Waals surface area contributed by atoms with Gasteiger partial charge in [-0.2, -0.15) is 0 Å². The molecule has 0 radical (unpaired) electrons. The van der Waals surface area contributed by atoms with Gasteiger partial charge >= 0.3 is 0 Å². The highest BCUT2D eigenvalue weighted by atomic mass is 32.1. The molecule has 0 spiro atoms. The Bertz CT molecular complexity index is 1130. The highest BCUT2D eigenvalue weighted by molar-refractivity contribution is 7.10. The molecule has 1 aliphatic heterocycles. The van der Waals surface area contributed by atoms with Gasteiger partial charge in [-0.05, 0) is 65.4 Å². The minimum atomic E-state index is -0.133. The van der Waals surface area contributed by atoms with Crippen molar-refractivity contribution < 1.29 is 19.1 Å². The lowest BCUT2D eigenvalue weighted by Gasteiger charge is -2.37. The summed E-state index contributed by atoms with van der Waals surface area (Å²) >= 11 is 1.68. The summed E-state index contributed by atoms with van der Waals surface area (Å²) in [6.45, 7) is 2.46. The van der Waals surface area contributed by atoms with Crippen molar-refractivity contribution in [2.45, 2.75) is 19.4 Å². The van der Waals surface area contributed by atoms with E-state index in [2.05, 4.69) is 27.0 Å². The fourth-order valence-corrected chi connectivity index (χ4v) is 5.05. The minimum absolute atomic E-state index is 0.0403. The Morgan fingerprint density at radius 3 is 2.30 bits per heavy atom. The second kappa shape index (κ2) is 10.1. The van der Waals surface area contributed by atoms with E-state index in [-0.39, 0.29) is 24.4 Å². The smallest absolute Gasteiger partial charge is 0.238 e. The van der Waals surface area contributed by atoms with Gasteiger partial charge in [-0.1, -0.05) is 6.07 Å². The van der Waals surface area contributed by atoms with Gasteiger partial charge in [0.2, 0.25) is 11.8 Å². The molecule has 7 nitrogen and oxygen atoms in total. The average Bonchev–Trinajstić information content (AvgIpc) is 3.33. The molecule has 4 rings (SSSR count). The summed E-state index contributed by atoms with van der Waals surface area (Å²) in [4.78, 5) is 27.5. The first-order valence-corrected chi connectivity index (χ1v) is 11.6. The first-order chi connectivity index (χ1) is 16.0. The van der Waals surface area contributed by atoms with E-state index in [1.807, 2.05) is 18.2 Å². The summed E-state index contributed by atoms with van der Waals surface area (Å²) in [5, 5.41) is 7.74. The molecule has 33 heavy (non-hydrogen) atoms. The maximum absolute atomic E-state index is 12.9. The number of amides is 2. The predicted molar refractivity (Wildman–Crippen MR) is 130 cm³/mol. The molecule has 0 aliphatic carbocycles. The highest BCUT2D eigenvalue weighted by Crippen LogP contribution is 2.42. The molecule has 2 N–H and O–H groups in total. The molecule has 2 amide bonds. The summed E-state index contributed by atoms with van der Waals surface area (Å²) in [6.07, 6.45) is 0.816. The highest BCUT2D eigenvalue weighted by Gasteiger charge is 2.32. The second-order valence-corrected chi connectivity index (χ2v) is 8.83. The minimum Gasteiger partial charge on any atom is -0.493 e. The molecule has 2 aromatic carbocycles. The third-order valence-electron chi connectivity index (χ3n) is 5.62. The van der Waals surface area contributed by atoms with Crippen molar-refractivity contribution in [2.24, 2.45) is 0 Å². The lowest BCUT2D eigenvalue weighted by molar-refractivity contribution is -0.118. The van der Waals surface area contributed by atoms with Crippen LogP contribution in [0.3, 0.4) is 0 Å². The Morgan fingerprint density at radius 1 is 1.03 bits per heavy atom. The first-order valence-electron chi connectivity index (χ1n) is 10.7. The Labute approximate surface area is 197 Å².